The van der Waals surface area contributed by atoms with Gasteiger partial charge in [0.1, 0.15) is 0 Å². The second kappa shape index (κ2) is 5.83. The molecular weight excluding hydrogens is 228 g/mol. The first-order valence-electron chi connectivity index (χ1n) is 6.60. The molecule has 0 aliphatic heterocycles. The Morgan fingerprint density at radius 1 is 1.39 bits per heavy atom. The molecule has 0 heterocycles. The van der Waals surface area contributed by atoms with Crippen molar-refractivity contribution in [2.75, 3.05) is 6.61 Å². The largest absolute Gasteiger partial charge is 0.393 e. The van der Waals surface area contributed by atoms with Gasteiger partial charge in [-0.2, -0.15) is 0 Å². The monoisotopic (exact) mass is 250 g/mol. The van der Waals surface area contributed by atoms with E-state index in [1.165, 1.54) is 0 Å². The number of ether oxygens (including phenoxy) is 1. The van der Waals surface area contributed by atoms with Gasteiger partial charge in [-0.05, 0) is 37.7 Å². The summed E-state index contributed by atoms with van der Waals surface area (Å²) < 4.78 is 5.52. The highest BCUT2D eigenvalue weighted by Gasteiger charge is 2.48. The molecule has 0 saturated heterocycles. The molecule has 0 radical (unpaired) electrons. The van der Waals surface area contributed by atoms with Crippen LogP contribution in [0.4, 0.5) is 0 Å². The van der Waals surface area contributed by atoms with E-state index >= 15 is 0 Å². The van der Waals surface area contributed by atoms with Crippen molar-refractivity contribution in [3.63, 3.8) is 0 Å². The smallest absolute Gasteiger partial charge is 0.0716 e. The van der Waals surface area contributed by atoms with E-state index in [2.05, 4.69) is 0 Å². The van der Waals surface area contributed by atoms with Gasteiger partial charge in [-0.25, -0.2) is 0 Å². The van der Waals surface area contributed by atoms with Crippen LogP contribution in [-0.4, -0.2) is 28.5 Å². The maximum atomic E-state index is 9.80. The van der Waals surface area contributed by atoms with E-state index in [1.807, 2.05) is 37.3 Å². The van der Waals surface area contributed by atoms with Gasteiger partial charge in [-0.3, -0.25) is 0 Å². The van der Waals surface area contributed by atoms with Crippen LogP contribution < -0.4 is 0 Å². The summed E-state index contributed by atoms with van der Waals surface area (Å²) in [5.41, 5.74) is 0.614. The first-order valence-corrected chi connectivity index (χ1v) is 6.60. The number of rotatable bonds is 7. The Morgan fingerprint density at radius 2 is 2.06 bits per heavy atom. The zero-order valence-corrected chi connectivity index (χ0v) is 10.9. The summed E-state index contributed by atoms with van der Waals surface area (Å²) in [7, 11) is 0. The third-order valence-electron chi connectivity index (χ3n) is 3.64. The maximum Gasteiger partial charge on any atom is 0.0716 e. The summed E-state index contributed by atoms with van der Waals surface area (Å²) in [6, 6.07) is 10.0. The number of hydrogen-bond acceptors (Lipinski definition) is 3. The van der Waals surface area contributed by atoms with E-state index in [0.717, 1.165) is 12.0 Å². The highest BCUT2D eigenvalue weighted by Crippen LogP contribution is 2.46. The minimum atomic E-state index is -0.536. The second-order valence-electron chi connectivity index (χ2n) is 5.47. The number of benzene rings is 1. The number of aliphatic hydroxyl groups excluding tert-OH is 1. The summed E-state index contributed by atoms with van der Waals surface area (Å²) in [6.45, 7) is 2.98. The Labute approximate surface area is 108 Å². The van der Waals surface area contributed by atoms with Gasteiger partial charge in [0.15, 0.2) is 0 Å². The summed E-state index contributed by atoms with van der Waals surface area (Å²) in [5, 5.41) is 19.4. The molecule has 100 valence electrons. The molecule has 3 atom stereocenters. The molecule has 0 aromatic heterocycles. The van der Waals surface area contributed by atoms with Crippen LogP contribution in [0.1, 0.15) is 31.7 Å². The Hall–Kier alpha value is -0.900. The summed E-state index contributed by atoms with van der Waals surface area (Å²) in [6.07, 6.45) is 1.77. The Bertz CT molecular complexity index is 361. The lowest BCUT2D eigenvalue weighted by Gasteiger charge is -2.11. The van der Waals surface area contributed by atoms with Crippen LogP contribution in [0.2, 0.25) is 0 Å². The van der Waals surface area contributed by atoms with Gasteiger partial charge in [-0.15, -0.1) is 0 Å². The van der Waals surface area contributed by atoms with Gasteiger partial charge in [0.25, 0.3) is 0 Å². The molecule has 0 amide bonds. The van der Waals surface area contributed by atoms with Gasteiger partial charge in [-0.1, -0.05) is 30.3 Å². The van der Waals surface area contributed by atoms with E-state index < -0.39 is 5.60 Å². The standard InChI is InChI=1S/C15H22O3/c1-15(17)10-13(15)9-14(16)7-8-18-11-12-5-3-2-4-6-12/h2-6,13-14,16-17H,7-11H2,1H3/t13-,14+,15+/m0/s1. The van der Waals surface area contributed by atoms with E-state index in [9.17, 15) is 10.2 Å². The fourth-order valence-electron chi connectivity index (χ4n) is 2.21. The predicted molar refractivity (Wildman–Crippen MR) is 70.1 cm³/mol. The van der Waals surface area contributed by atoms with Crippen molar-refractivity contribution >= 4 is 0 Å². The van der Waals surface area contributed by atoms with Crippen molar-refractivity contribution in [1.82, 2.24) is 0 Å². The lowest BCUT2D eigenvalue weighted by molar-refractivity contribution is 0.0601. The van der Waals surface area contributed by atoms with Crippen LogP contribution >= 0.6 is 0 Å². The lowest BCUT2D eigenvalue weighted by atomic mass is 10.1. The summed E-state index contributed by atoms with van der Waals surface area (Å²) in [5.74, 6) is 0.265. The van der Waals surface area contributed by atoms with Gasteiger partial charge in [0.05, 0.1) is 18.3 Å². The van der Waals surface area contributed by atoms with E-state index in [1.54, 1.807) is 0 Å². The van der Waals surface area contributed by atoms with Gasteiger partial charge in [0.2, 0.25) is 0 Å². The molecule has 1 fully saturated rings. The van der Waals surface area contributed by atoms with Crippen LogP contribution in [0.3, 0.4) is 0 Å². The lowest BCUT2D eigenvalue weighted by Crippen LogP contribution is -2.14. The molecular formula is C15H22O3. The van der Waals surface area contributed by atoms with Crippen LogP contribution in [0, 0.1) is 5.92 Å². The minimum absolute atomic E-state index is 0.265. The molecule has 2 N–H and O–H groups in total. The summed E-state index contributed by atoms with van der Waals surface area (Å²) in [4.78, 5) is 0. The molecule has 1 aliphatic rings. The topological polar surface area (TPSA) is 49.7 Å². The van der Waals surface area contributed by atoms with Gasteiger partial charge >= 0.3 is 0 Å². The minimum Gasteiger partial charge on any atom is -0.393 e. The molecule has 1 aliphatic carbocycles. The normalized spacial score (nSPS) is 28.1. The highest BCUT2D eigenvalue weighted by molar-refractivity contribution is 5.13. The SMILES string of the molecule is C[C@@]1(O)C[C@@H]1C[C@H](O)CCOCc1ccccc1. The molecule has 2 rings (SSSR count). The van der Waals surface area contributed by atoms with Crippen molar-refractivity contribution in [1.29, 1.82) is 0 Å². The summed E-state index contributed by atoms with van der Waals surface area (Å²) >= 11 is 0. The Balaban J connectivity index is 1.55. The van der Waals surface area contributed by atoms with E-state index in [-0.39, 0.29) is 12.0 Å². The average molecular weight is 250 g/mol. The third-order valence-corrected chi connectivity index (χ3v) is 3.64. The molecule has 3 nitrogen and oxygen atoms in total. The predicted octanol–water partition coefficient (Wildman–Crippen LogP) is 2.12. The zero-order valence-electron chi connectivity index (χ0n) is 10.9. The average Bonchev–Trinajstić information content (AvgIpc) is 2.93. The second-order valence-corrected chi connectivity index (χ2v) is 5.47. The molecule has 1 aromatic carbocycles. The zero-order chi connectivity index (χ0) is 13.0. The quantitative estimate of drug-likeness (QED) is 0.729. The maximum absolute atomic E-state index is 9.80. The van der Waals surface area contributed by atoms with Crippen molar-refractivity contribution in [2.24, 2.45) is 5.92 Å². The fourth-order valence-corrected chi connectivity index (χ4v) is 2.21. The first kappa shape index (κ1) is 13.5. The molecule has 1 aromatic rings. The van der Waals surface area contributed by atoms with Crippen LogP contribution in [0.25, 0.3) is 0 Å². The molecule has 0 spiro atoms. The highest BCUT2D eigenvalue weighted by atomic mass is 16.5. The van der Waals surface area contributed by atoms with Crippen LogP contribution in [-0.2, 0) is 11.3 Å². The van der Waals surface area contributed by atoms with Crippen LogP contribution in [0.5, 0.6) is 0 Å². The van der Waals surface area contributed by atoms with Crippen molar-refractivity contribution < 1.29 is 14.9 Å². The molecule has 18 heavy (non-hydrogen) atoms. The van der Waals surface area contributed by atoms with Crippen molar-refractivity contribution in [3.05, 3.63) is 35.9 Å². The number of hydrogen-bond donors (Lipinski definition) is 2. The van der Waals surface area contributed by atoms with E-state index in [0.29, 0.717) is 26.1 Å². The van der Waals surface area contributed by atoms with Gasteiger partial charge in [0, 0.05) is 6.61 Å². The number of aliphatic hydroxyl groups is 2. The van der Waals surface area contributed by atoms with Crippen molar-refractivity contribution in [3.8, 4) is 0 Å². The molecule has 0 bridgehead atoms. The van der Waals surface area contributed by atoms with Gasteiger partial charge < -0.3 is 14.9 Å². The first-order chi connectivity index (χ1) is 8.58. The van der Waals surface area contributed by atoms with Crippen molar-refractivity contribution in [2.45, 2.75) is 44.5 Å². The molecule has 3 heteroatoms. The van der Waals surface area contributed by atoms with E-state index in [4.69, 9.17) is 4.74 Å². The molecule has 0 unspecified atom stereocenters. The Morgan fingerprint density at radius 3 is 2.67 bits per heavy atom. The fraction of sp³-hybridized carbons (Fsp3) is 0.600. The molecule has 1 saturated carbocycles. The van der Waals surface area contributed by atoms with Crippen LogP contribution in [0.15, 0.2) is 30.3 Å². The third kappa shape index (κ3) is 4.09. The Kier molecular flexibility index (Phi) is 4.38.